The van der Waals surface area contributed by atoms with Gasteiger partial charge in [-0.3, -0.25) is 4.90 Å². The summed E-state index contributed by atoms with van der Waals surface area (Å²) in [5.74, 6) is 2.06. The molecule has 1 saturated heterocycles. The highest BCUT2D eigenvalue weighted by Gasteiger charge is 2.49. The van der Waals surface area contributed by atoms with E-state index in [0.717, 1.165) is 42.9 Å². The molecule has 2 atom stereocenters. The first-order chi connectivity index (χ1) is 15.3. The van der Waals surface area contributed by atoms with Crippen LogP contribution in [0.15, 0.2) is 52.9 Å². The highest BCUT2D eigenvalue weighted by molar-refractivity contribution is 6.44. The molecule has 0 radical (unpaired) electrons. The molecule has 1 aromatic carbocycles. The molecule has 3 aliphatic heterocycles. The molecule has 168 valence electrons. The smallest absolute Gasteiger partial charge is 0.218 e. The highest BCUT2D eigenvalue weighted by Crippen LogP contribution is 2.46. The monoisotopic (exact) mass is 473 g/mol. The van der Waals surface area contributed by atoms with Crippen LogP contribution in [0.3, 0.4) is 0 Å². The molecule has 1 fully saturated rings. The number of halogens is 2. The summed E-state index contributed by atoms with van der Waals surface area (Å²) in [4.78, 5) is 13.1. The Morgan fingerprint density at radius 1 is 1.16 bits per heavy atom. The van der Waals surface area contributed by atoms with Crippen LogP contribution in [0.25, 0.3) is 0 Å². The molecule has 1 unspecified atom stereocenters. The second-order valence-corrected chi connectivity index (χ2v) is 9.30. The van der Waals surface area contributed by atoms with Crippen molar-refractivity contribution in [3.63, 3.8) is 0 Å². The van der Waals surface area contributed by atoms with Gasteiger partial charge in [0.1, 0.15) is 17.3 Å². The molecular formula is C23H25Cl2N5O2. The predicted octanol–water partition coefficient (Wildman–Crippen LogP) is 4.10. The zero-order chi connectivity index (χ0) is 22.6. The molecule has 0 aliphatic carbocycles. The number of nitrogens with zero attached hydrogens (tertiary/aromatic N) is 4. The number of likely N-dealkylation sites (tertiary alicyclic amines) is 1. The highest BCUT2D eigenvalue weighted by atomic mass is 35.5. The minimum atomic E-state index is -0.896. The fourth-order valence-corrected chi connectivity index (χ4v) is 5.25. The first-order valence-corrected chi connectivity index (χ1v) is 11.4. The van der Waals surface area contributed by atoms with Crippen molar-refractivity contribution in [2.24, 2.45) is 10.7 Å². The Hall–Kier alpha value is -2.32. The van der Waals surface area contributed by atoms with Crippen LogP contribution >= 0.6 is 23.2 Å². The van der Waals surface area contributed by atoms with E-state index in [2.05, 4.69) is 9.88 Å². The van der Waals surface area contributed by atoms with Crippen molar-refractivity contribution in [1.82, 2.24) is 9.88 Å². The van der Waals surface area contributed by atoms with E-state index in [9.17, 15) is 5.11 Å². The van der Waals surface area contributed by atoms with Crippen molar-refractivity contribution in [3.8, 4) is 5.88 Å². The van der Waals surface area contributed by atoms with Crippen molar-refractivity contribution in [1.29, 1.82) is 0 Å². The summed E-state index contributed by atoms with van der Waals surface area (Å²) in [5, 5.41) is 12.0. The number of benzene rings is 1. The summed E-state index contributed by atoms with van der Waals surface area (Å²) < 4.78 is 6.25. The number of nitrogens with two attached hydrogens (primary N) is 1. The lowest BCUT2D eigenvalue weighted by Gasteiger charge is -2.44. The number of rotatable bonds is 2. The molecule has 5 rings (SSSR count). The van der Waals surface area contributed by atoms with Crippen LogP contribution in [-0.4, -0.2) is 45.7 Å². The minimum Gasteiger partial charge on any atom is -0.469 e. The number of aliphatic hydroxyl groups is 1. The van der Waals surface area contributed by atoms with Gasteiger partial charge in [-0.15, -0.1) is 0 Å². The van der Waals surface area contributed by atoms with Crippen molar-refractivity contribution in [2.45, 2.75) is 44.6 Å². The topological polar surface area (TPSA) is 87.2 Å². The minimum absolute atomic E-state index is 0.203. The van der Waals surface area contributed by atoms with Gasteiger partial charge in [0.15, 0.2) is 6.23 Å². The van der Waals surface area contributed by atoms with Crippen LogP contribution in [0.1, 0.15) is 38.3 Å². The lowest BCUT2D eigenvalue weighted by atomic mass is 9.83. The van der Waals surface area contributed by atoms with E-state index in [-0.39, 0.29) is 6.04 Å². The molecule has 0 saturated carbocycles. The van der Waals surface area contributed by atoms with E-state index < -0.39 is 11.8 Å². The molecule has 3 N–H and O–H groups in total. The van der Waals surface area contributed by atoms with E-state index in [1.165, 1.54) is 0 Å². The number of aliphatic hydroxyl groups excluding tert-OH is 1. The number of piperidine rings is 1. The van der Waals surface area contributed by atoms with Crippen molar-refractivity contribution in [2.75, 3.05) is 18.0 Å². The second-order valence-electron chi connectivity index (χ2n) is 8.51. The van der Waals surface area contributed by atoms with E-state index >= 15 is 0 Å². The molecule has 3 aliphatic rings. The van der Waals surface area contributed by atoms with Gasteiger partial charge in [-0.05, 0) is 32.0 Å². The Bertz CT molecular complexity index is 1130. The average molecular weight is 474 g/mol. The van der Waals surface area contributed by atoms with Gasteiger partial charge in [-0.1, -0.05) is 35.3 Å². The summed E-state index contributed by atoms with van der Waals surface area (Å²) in [6.45, 7) is 5.19. The van der Waals surface area contributed by atoms with Gasteiger partial charge < -0.3 is 20.5 Å². The molecular weight excluding hydrogens is 449 g/mol. The zero-order valence-electron chi connectivity index (χ0n) is 17.9. The summed E-state index contributed by atoms with van der Waals surface area (Å²) in [6.07, 6.45) is 2.32. The van der Waals surface area contributed by atoms with Crippen LogP contribution in [0.2, 0.25) is 10.0 Å². The van der Waals surface area contributed by atoms with Crippen LogP contribution in [0.5, 0.6) is 5.88 Å². The number of anilines is 1. The molecule has 32 heavy (non-hydrogen) atoms. The van der Waals surface area contributed by atoms with Crippen LogP contribution in [0.4, 0.5) is 5.69 Å². The first kappa shape index (κ1) is 21.5. The number of amidine groups is 1. The SMILES string of the molecule is CC1=NC(N2CCC3(CC2)Oc2ncccc2[C@@H]3N)=C(C)C(O)N1c1cccc(Cl)c1Cl. The van der Waals surface area contributed by atoms with Crippen LogP contribution < -0.4 is 15.4 Å². The van der Waals surface area contributed by atoms with Gasteiger partial charge in [0, 0.05) is 43.3 Å². The Morgan fingerprint density at radius 2 is 1.91 bits per heavy atom. The third-order valence-corrected chi connectivity index (χ3v) is 7.51. The van der Waals surface area contributed by atoms with Crippen molar-refractivity contribution < 1.29 is 9.84 Å². The lowest BCUT2D eigenvalue weighted by Crippen LogP contribution is -2.52. The Morgan fingerprint density at radius 3 is 2.62 bits per heavy atom. The summed E-state index contributed by atoms with van der Waals surface area (Å²) in [6, 6.07) is 9.03. The fourth-order valence-electron chi connectivity index (χ4n) is 4.86. The number of hydrogen-bond donors (Lipinski definition) is 2. The third-order valence-electron chi connectivity index (χ3n) is 6.70. The Kier molecular flexibility index (Phi) is 5.33. The number of hydrogen-bond acceptors (Lipinski definition) is 7. The number of aliphatic imine (C=N–C) groups is 1. The standard InChI is InChI=1S/C23H25Cl2N5O2/c1-13-20(28-14(2)30(22(13)31)17-7-3-6-16(24)18(17)25)29-11-8-23(9-12-29)19(26)15-5-4-10-27-21(15)32-23/h3-7,10,19,22,31H,8-9,11-12,26H2,1-2H3/t19-,22?/m0/s1. The first-order valence-electron chi connectivity index (χ1n) is 10.6. The molecule has 9 heteroatoms. The van der Waals surface area contributed by atoms with Gasteiger partial charge in [-0.25, -0.2) is 9.98 Å². The quantitative estimate of drug-likeness (QED) is 0.682. The Balaban J connectivity index is 1.37. The van der Waals surface area contributed by atoms with E-state index in [1.807, 2.05) is 32.0 Å². The average Bonchev–Trinajstić information content (AvgIpc) is 3.06. The molecule has 1 spiro atoms. The van der Waals surface area contributed by atoms with Gasteiger partial charge in [0.25, 0.3) is 0 Å². The van der Waals surface area contributed by atoms with Gasteiger partial charge >= 0.3 is 0 Å². The fraction of sp³-hybridized carbons (Fsp3) is 0.391. The molecule has 0 bridgehead atoms. The van der Waals surface area contributed by atoms with Gasteiger partial charge in [-0.2, -0.15) is 0 Å². The van der Waals surface area contributed by atoms with Crippen molar-refractivity contribution in [3.05, 3.63) is 63.5 Å². The molecule has 2 aromatic rings. The number of ether oxygens (including phenoxy) is 1. The summed E-state index contributed by atoms with van der Waals surface area (Å²) in [5.41, 5.74) is 8.46. The maximum Gasteiger partial charge on any atom is 0.218 e. The van der Waals surface area contributed by atoms with Crippen LogP contribution in [0, 0.1) is 0 Å². The van der Waals surface area contributed by atoms with Crippen molar-refractivity contribution >= 4 is 34.7 Å². The third kappa shape index (κ3) is 3.27. The summed E-state index contributed by atoms with van der Waals surface area (Å²) in [7, 11) is 0. The van der Waals surface area contributed by atoms with E-state index in [4.69, 9.17) is 38.7 Å². The lowest BCUT2D eigenvalue weighted by molar-refractivity contribution is 0.00582. The Labute approximate surface area is 197 Å². The van der Waals surface area contributed by atoms with Gasteiger partial charge in [0.05, 0.1) is 21.8 Å². The molecule has 7 nitrogen and oxygen atoms in total. The number of pyridine rings is 1. The zero-order valence-corrected chi connectivity index (χ0v) is 19.4. The predicted molar refractivity (Wildman–Crippen MR) is 126 cm³/mol. The second kappa shape index (κ2) is 7.92. The molecule has 0 amide bonds. The van der Waals surface area contributed by atoms with Crippen LogP contribution in [-0.2, 0) is 0 Å². The maximum absolute atomic E-state index is 11.1. The largest absolute Gasteiger partial charge is 0.469 e. The normalized spacial score (nSPS) is 24.5. The molecule has 1 aromatic heterocycles. The maximum atomic E-state index is 11.1. The summed E-state index contributed by atoms with van der Waals surface area (Å²) >= 11 is 12.6. The van der Waals surface area contributed by atoms with E-state index in [0.29, 0.717) is 27.4 Å². The number of fused-ring (bicyclic) bond motifs is 1. The number of aromatic nitrogens is 1. The van der Waals surface area contributed by atoms with E-state index in [1.54, 1.807) is 23.2 Å². The molecule has 4 heterocycles. The van der Waals surface area contributed by atoms with Gasteiger partial charge in [0.2, 0.25) is 5.88 Å².